The summed E-state index contributed by atoms with van der Waals surface area (Å²) in [5, 5.41) is 0. The molecule has 1 aromatic carbocycles. The first kappa shape index (κ1) is 15.3. The molecule has 1 atom stereocenters. The van der Waals surface area contributed by atoms with Gasteiger partial charge in [-0.25, -0.2) is 9.55 Å². The van der Waals surface area contributed by atoms with Crippen LogP contribution in [0, 0.1) is 0 Å². The lowest BCUT2D eigenvalue weighted by Crippen LogP contribution is -2.32. The minimum Gasteiger partial charge on any atom is -0.457 e. The molecule has 0 aliphatic rings. The largest absolute Gasteiger partial charge is 0.457 e. The minimum absolute atomic E-state index is 0.154. The fourth-order valence-electron chi connectivity index (χ4n) is 2.30. The number of imidazole rings is 1. The summed E-state index contributed by atoms with van der Waals surface area (Å²) in [4.78, 5) is 15.2. The number of aromatic amines is 1. The lowest BCUT2D eigenvalue weighted by molar-refractivity contribution is -0.677. The zero-order valence-corrected chi connectivity index (χ0v) is 12.7. The predicted molar refractivity (Wildman–Crippen MR) is 80.5 cm³/mol. The van der Waals surface area contributed by atoms with Crippen LogP contribution < -0.4 is 4.57 Å². The number of aryl methyl sites for hydroxylation is 1. The number of nitrogens with zero attached hydrogens (tertiary/aromatic N) is 1. The van der Waals surface area contributed by atoms with Gasteiger partial charge in [-0.3, -0.25) is 4.79 Å². The number of hydrogen-bond acceptors (Lipinski definition) is 2. The summed E-state index contributed by atoms with van der Waals surface area (Å²) in [7, 11) is 1.91. The molecule has 0 saturated carbocycles. The second kappa shape index (κ2) is 7.62. The summed E-state index contributed by atoms with van der Waals surface area (Å²) in [6.45, 7) is 2.14. The molecule has 0 unspecified atom stereocenters. The Morgan fingerprint density at radius 1 is 1.33 bits per heavy atom. The van der Waals surface area contributed by atoms with Crippen LogP contribution >= 0.6 is 0 Å². The first-order valence-electron chi connectivity index (χ1n) is 7.47. The van der Waals surface area contributed by atoms with Gasteiger partial charge in [0.1, 0.15) is 24.9 Å². The molecule has 0 aliphatic heterocycles. The highest BCUT2D eigenvalue weighted by molar-refractivity contribution is 5.71. The highest BCUT2D eigenvalue weighted by Crippen LogP contribution is 2.23. The van der Waals surface area contributed by atoms with Crippen molar-refractivity contribution >= 4 is 5.97 Å². The van der Waals surface area contributed by atoms with Crippen molar-refractivity contribution in [3.05, 3.63) is 54.1 Å². The standard InChI is InChI=1S/C17H22N2O2/c1-3-4-10-15(14-8-6-5-7-9-14)21-17(20)13-16-18-11-12-19(16)2/h5-9,11-12,15H,3-4,10,13H2,1-2H3/p+1/t15-/m0/s1. The molecule has 2 aromatic rings. The Hall–Kier alpha value is -2.10. The number of unbranched alkanes of at least 4 members (excludes halogenated alkanes) is 1. The summed E-state index contributed by atoms with van der Waals surface area (Å²) in [5.41, 5.74) is 1.06. The lowest BCUT2D eigenvalue weighted by Gasteiger charge is -2.17. The average Bonchev–Trinajstić information content (AvgIpc) is 2.89. The zero-order chi connectivity index (χ0) is 15.1. The normalized spacial score (nSPS) is 12.1. The zero-order valence-electron chi connectivity index (χ0n) is 12.7. The van der Waals surface area contributed by atoms with Crippen molar-refractivity contribution in [2.45, 2.75) is 38.7 Å². The van der Waals surface area contributed by atoms with Crippen molar-refractivity contribution in [3.8, 4) is 0 Å². The highest BCUT2D eigenvalue weighted by Gasteiger charge is 2.19. The smallest absolute Gasteiger partial charge is 0.318 e. The number of rotatable bonds is 7. The van der Waals surface area contributed by atoms with Gasteiger partial charge in [-0.2, -0.15) is 0 Å². The van der Waals surface area contributed by atoms with Crippen molar-refractivity contribution in [1.82, 2.24) is 4.98 Å². The number of aromatic nitrogens is 2. The highest BCUT2D eigenvalue weighted by atomic mass is 16.5. The van der Waals surface area contributed by atoms with E-state index in [9.17, 15) is 4.79 Å². The van der Waals surface area contributed by atoms with E-state index in [1.807, 2.05) is 54.3 Å². The molecule has 1 N–H and O–H groups in total. The number of ether oxygens (including phenoxy) is 1. The van der Waals surface area contributed by atoms with Gasteiger partial charge >= 0.3 is 5.97 Å². The molecule has 21 heavy (non-hydrogen) atoms. The third-order valence-corrected chi connectivity index (χ3v) is 3.55. The molecule has 0 radical (unpaired) electrons. The summed E-state index contributed by atoms with van der Waals surface area (Å²) in [5.74, 6) is 0.653. The molecule has 2 rings (SSSR count). The molecule has 1 heterocycles. The molecule has 0 spiro atoms. The van der Waals surface area contributed by atoms with E-state index in [4.69, 9.17) is 4.74 Å². The topological polar surface area (TPSA) is 46.0 Å². The summed E-state index contributed by atoms with van der Waals surface area (Å²) < 4.78 is 7.59. The van der Waals surface area contributed by atoms with E-state index in [1.165, 1.54) is 0 Å². The van der Waals surface area contributed by atoms with Crippen LogP contribution in [0.15, 0.2) is 42.7 Å². The SMILES string of the molecule is CCCC[C@H](OC(=O)Cc1[nH]cc[n+]1C)c1ccccc1. The van der Waals surface area contributed by atoms with Crippen LogP contribution in [-0.2, 0) is 23.0 Å². The van der Waals surface area contributed by atoms with E-state index < -0.39 is 0 Å². The third kappa shape index (κ3) is 4.45. The van der Waals surface area contributed by atoms with Gasteiger partial charge in [-0.15, -0.1) is 0 Å². The fraction of sp³-hybridized carbons (Fsp3) is 0.412. The van der Waals surface area contributed by atoms with Crippen molar-refractivity contribution in [1.29, 1.82) is 0 Å². The molecule has 0 saturated heterocycles. The number of hydrogen-bond donors (Lipinski definition) is 1. The Balaban J connectivity index is 2.01. The van der Waals surface area contributed by atoms with Gasteiger partial charge in [-0.1, -0.05) is 43.7 Å². The maximum atomic E-state index is 12.2. The Kier molecular flexibility index (Phi) is 5.55. The van der Waals surface area contributed by atoms with Crippen LogP contribution in [0.5, 0.6) is 0 Å². The van der Waals surface area contributed by atoms with Gasteiger partial charge < -0.3 is 4.74 Å². The molecule has 4 heteroatoms. The second-order valence-electron chi connectivity index (χ2n) is 5.23. The Labute approximate surface area is 125 Å². The monoisotopic (exact) mass is 287 g/mol. The number of nitrogens with one attached hydrogen (secondary N) is 1. The van der Waals surface area contributed by atoms with Gasteiger partial charge in [0.2, 0.25) is 0 Å². The number of carbonyl (C=O) groups is 1. The van der Waals surface area contributed by atoms with Gasteiger partial charge in [0.25, 0.3) is 5.82 Å². The van der Waals surface area contributed by atoms with Crippen LogP contribution in [-0.4, -0.2) is 11.0 Å². The average molecular weight is 287 g/mol. The molecule has 0 fully saturated rings. The Morgan fingerprint density at radius 3 is 2.71 bits per heavy atom. The Morgan fingerprint density at radius 2 is 2.10 bits per heavy atom. The summed E-state index contributed by atoms with van der Waals surface area (Å²) in [6, 6.07) is 9.96. The van der Waals surface area contributed by atoms with E-state index in [-0.39, 0.29) is 18.5 Å². The molecule has 0 bridgehead atoms. The van der Waals surface area contributed by atoms with Gasteiger partial charge in [0.05, 0.1) is 7.05 Å². The van der Waals surface area contributed by atoms with E-state index >= 15 is 0 Å². The molecular formula is C17H23N2O2+. The van der Waals surface area contributed by atoms with E-state index in [0.29, 0.717) is 0 Å². The molecule has 0 aliphatic carbocycles. The number of H-pyrrole nitrogens is 1. The maximum Gasteiger partial charge on any atom is 0.318 e. The molecular weight excluding hydrogens is 264 g/mol. The van der Waals surface area contributed by atoms with E-state index in [1.54, 1.807) is 0 Å². The number of benzene rings is 1. The second-order valence-corrected chi connectivity index (χ2v) is 5.23. The molecule has 1 aromatic heterocycles. The lowest BCUT2D eigenvalue weighted by atomic mass is 10.0. The Bertz CT molecular complexity index is 563. The number of esters is 1. The quantitative estimate of drug-likeness (QED) is 0.628. The summed E-state index contributed by atoms with van der Waals surface area (Å²) in [6.07, 6.45) is 6.80. The van der Waals surface area contributed by atoms with Gasteiger partial charge in [0.15, 0.2) is 0 Å². The maximum absolute atomic E-state index is 12.2. The van der Waals surface area contributed by atoms with Crippen molar-refractivity contribution in [2.75, 3.05) is 0 Å². The van der Waals surface area contributed by atoms with Crippen molar-refractivity contribution < 1.29 is 14.1 Å². The van der Waals surface area contributed by atoms with Crippen molar-refractivity contribution in [2.24, 2.45) is 7.05 Å². The van der Waals surface area contributed by atoms with E-state index in [0.717, 1.165) is 30.7 Å². The van der Waals surface area contributed by atoms with Crippen LogP contribution in [0.3, 0.4) is 0 Å². The first-order chi connectivity index (χ1) is 10.2. The van der Waals surface area contributed by atoms with Crippen LogP contribution in [0.25, 0.3) is 0 Å². The number of carbonyl (C=O) groups excluding carboxylic acids is 1. The van der Waals surface area contributed by atoms with Crippen LogP contribution in [0.4, 0.5) is 0 Å². The first-order valence-corrected chi connectivity index (χ1v) is 7.47. The minimum atomic E-state index is -0.196. The molecule has 4 nitrogen and oxygen atoms in total. The third-order valence-electron chi connectivity index (χ3n) is 3.55. The van der Waals surface area contributed by atoms with Gasteiger partial charge in [-0.05, 0) is 18.4 Å². The van der Waals surface area contributed by atoms with E-state index in [2.05, 4.69) is 11.9 Å². The van der Waals surface area contributed by atoms with Crippen LogP contribution in [0.2, 0.25) is 0 Å². The predicted octanol–water partition coefficient (Wildman–Crippen LogP) is 2.86. The fourth-order valence-corrected chi connectivity index (χ4v) is 2.30. The summed E-state index contributed by atoms with van der Waals surface area (Å²) >= 11 is 0. The molecule has 0 amide bonds. The van der Waals surface area contributed by atoms with Gasteiger partial charge in [0, 0.05) is 0 Å². The molecule has 112 valence electrons. The van der Waals surface area contributed by atoms with Crippen LogP contribution in [0.1, 0.15) is 43.7 Å². The van der Waals surface area contributed by atoms with Crippen molar-refractivity contribution in [3.63, 3.8) is 0 Å².